The van der Waals surface area contributed by atoms with E-state index in [4.69, 9.17) is 4.74 Å². The van der Waals surface area contributed by atoms with Crippen LogP contribution in [0.15, 0.2) is 24.3 Å². The zero-order chi connectivity index (χ0) is 14.9. The van der Waals surface area contributed by atoms with E-state index in [9.17, 15) is 12.8 Å². The lowest BCUT2D eigenvalue weighted by Crippen LogP contribution is -2.47. The van der Waals surface area contributed by atoms with Gasteiger partial charge in [0.05, 0.1) is 13.2 Å². The van der Waals surface area contributed by atoms with Gasteiger partial charge in [-0.2, -0.15) is 17.0 Å². The van der Waals surface area contributed by atoms with Crippen LogP contribution in [0, 0.1) is 5.82 Å². The molecule has 21 heavy (non-hydrogen) atoms. The normalized spacial score (nSPS) is 25.3. The van der Waals surface area contributed by atoms with Crippen LogP contribution in [0.5, 0.6) is 0 Å². The fraction of sp³-hybridized carbons (Fsp3) is 0.571. The molecule has 0 radical (unpaired) electrons. The maximum atomic E-state index is 13.8. The first-order valence-corrected chi connectivity index (χ1v) is 8.56. The van der Waals surface area contributed by atoms with Gasteiger partial charge in [0, 0.05) is 32.1 Å². The molecular formula is C14H19FN2O3S. The van der Waals surface area contributed by atoms with Gasteiger partial charge in [-0.25, -0.2) is 4.39 Å². The quantitative estimate of drug-likeness (QED) is 0.842. The molecule has 2 aliphatic heterocycles. The van der Waals surface area contributed by atoms with Crippen molar-refractivity contribution in [2.75, 3.05) is 39.4 Å². The van der Waals surface area contributed by atoms with Crippen LogP contribution < -0.4 is 0 Å². The summed E-state index contributed by atoms with van der Waals surface area (Å²) >= 11 is 0. The highest BCUT2D eigenvalue weighted by Crippen LogP contribution is 2.31. The zero-order valence-electron chi connectivity index (χ0n) is 11.7. The van der Waals surface area contributed by atoms with E-state index in [0.717, 1.165) is 0 Å². The molecule has 0 aliphatic carbocycles. The standard InChI is InChI=1S/C14H19FN2O3S/c15-14-4-2-1-3-13(14)12-5-6-17(11-12)21(18,19)16-7-9-20-10-8-16/h1-4,12H,5-11H2. The van der Waals surface area contributed by atoms with E-state index in [1.807, 2.05) is 0 Å². The van der Waals surface area contributed by atoms with Crippen molar-refractivity contribution >= 4 is 10.2 Å². The van der Waals surface area contributed by atoms with E-state index < -0.39 is 10.2 Å². The van der Waals surface area contributed by atoms with Crippen molar-refractivity contribution in [1.82, 2.24) is 8.61 Å². The predicted molar refractivity (Wildman–Crippen MR) is 76.6 cm³/mol. The molecule has 1 aromatic carbocycles. The Morgan fingerprint density at radius 1 is 1.10 bits per heavy atom. The summed E-state index contributed by atoms with van der Waals surface area (Å²) in [6.45, 7) is 2.44. The molecule has 2 saturated heterocycles. The minimum atomic E-state index is -3.45. The summed E-state index contributed by atoms with van der Waals surface area (Å²) in [6, 6.07) is 6.60. The van der Waals surface area contributed by atoms with E-state index in [-0.39, 0.29) is 11.7 Å². The fourth-order valence-electron chi connectivity index (χ4n) is 2.94. The van der Waals surface area contributed by atoms with Crippen LogP contribution in [-0.2, 0) is 14.9 Å². The Bertz CT molecular complexity index is 602. The molecule has 0 aromatic heterocycles. The summed E-state index contributed by atoms with van der Waals surface area (Å²) in [7, 11) is -3.45. The lowest BCUT2D eigenvalue weighted by molar-refractivity contribution is 0.0705. The number of benzene rings is 1. The Labute approximate surface area is 124 Å². The fourth-order valence-corrected chi connectivity index (χ4v) is 4.58. The van der Waals surface area contributed by atoms with E-state index in [1.165, 1.54) is 14.7 Å². The number of rotatable bonds is 3. The lowest BCUT2D eigenvalue weighted by atomic mass is 9.98. The van der Waals surface area contributed by atoms with Gasteiger partial charge in [0.15, 0.2) is 0 Å². The Hall–Kier alpha value is -1.02. The number of morpholine rings is 1. The van der Waals surface area contributed by atoms with E-state index in [0.29, 0.717) is 51.4 Å². The molecule has 0 N–H and O–H groups in total. The third kappa shape index (κ3) is 2.96. The first kappa shape index (κ1) is 14.9. The predicted octanol–water partition coefficient (Wildman–Crippen LogP) is 1.19. The van der Waals surface area contributed by atoms with Gasteiger partial charge in [-0.1, -0.05) is 18.2 Å². The molecule has 0 amide bonds. The molecule has 0 spiro atoms. The van der Waals surface area contributed by atoms with Crippen LogP contribution in [0.4, 0.5) is 4.39 Å². The molecule has 1 unspecified atom stereocenters. The van der Waals surface area contributed by atoms with Crippen LogP contribution >= 0.6 is 0 Å². The van der Waals surface area contributed by atoms with Crippen molar-refractivity contribution in [2.45, 2.75) is 12.3 Å². The van der Waals surface area contributed by atoms with E-state index >= 15 is 0 Å². The average molecular weight is 314 g/mol. The largest absolute Gasteiger partial charge is 0.379 e. The number of halogens is 1. The molecular weight excluding hydrogens is 295 g/mol. The summed E-state index contributed by atoms with van der Waals surface area (Å²) in [6.07, 6.45) is 0.657. The molecule has 2 aliphatic rings. The SMILES string of the molecule is O=S(=O)(N1CCOCC1)N1CCC(c2ccccc2F)C1. The van der Waals surface area contributed by atoms with Gasteiger partial charge in [-0.3, -0.25) is 0 Å². The monoisotopic (exact) mass is 314 g/mol. The molecule has 5 nitrogen and oxygen atoms in total. The average Bonchev–Trinajstić information content (AvgIpc) is 2.99. The van der Waals surface area contributed by atoms with Gasteiger partial charge < -0.3 is 4.74 Å². The Kier molecular flexibility index (Phi) is 4.26. The van der Waals surface area contributed by atoms with Gasteiger partial charge in [0.1, 0.15) is 5.82 Å². The van der Waals surface area contributed by atoms with Crippen molar-refractivity contribution in [3.8, 4) is 0 Å². The van der Waals surface area contributed by atoms with Crippen molar-refractivity contribution < 1.29 is 17.5 Å². The summed E-state index contributed by atoms with van der Waals surface area (Å²) in [4.78, 5) is 0. The van der Waals surface area contributed by atoms with Gasteiger partial charge in [0.25, 0.3) is 10.2 Å². The molecule has 116 valence electrons. The second-order valence-electron chi connectivity index (χ2n) is 5.38. The molecule has 3 rings (SSSR count). The van der Waals surface area contributed by atoms with Crippen molar-refractivity contribution in [2.24, 2.45) is 0 Å². The van der Waals surface area contributed by atoms with Crippen LogP contribution in [0.3, 0.4) is 0 Å². The molecule has 1 aromatic rings. The third-order valence-electron chi connectivity index (χ3n) is 4.12. The Morgan fingerprint density at radius 3 is 2.52 bits per heavy atom. The minimum absolute atomic E-state index is 0.0676. The molecule has 0 bridgehead atoms. The summed E-state index contributed by atoms with van der Waals surface area (Å²) in [5.74, 6) is -0.324. The highest BCUT2D eigenvalue weighted by molar-refractivity contribution is 7.86. The smallest absolute Gasteiger partial charge is 0.282 e. The van der Waals surface area contributed by atoms with Crippen molar-refractivity contribution in [3.05, 3.63) is 35.6 Å². The number of ether oxygens (including phenoxy) is 1. The highest BCUT2D eigenvalue weighted by Gasteiger charge is 2.37. The number of nitrogens with zero attached hydrogens (tertiary/aromatic N) is 2. The van der Waals surface area contributed by atoms with Crippen LogP contribution in [0.25, 0.3) is 0 Å². The van der Waals surface area contributed by atoms with E-state index in [1.54, 1.807) is 18.2 Å². The Balaban J connectivity index is 1.73. The van der Waals surface area contributed by atoms with E-state index in [2.05, 4.69) is 0 Å². The van der Waals surface area contributed by atoms with Gasteiger partial charge in [-0.15, -0.1) is 0 Å². The van der Waals surface area contributed by atoms with Crippen LogP contribution in [0.2, 0.25) is 0 Å². The second kappa shape index (κ2) is 6.00. The van der Waals surface area contributed by atoms with Crippen LogP contribution in [0.1, 0.15) is 17.9 Å². The summed E-state index contributed by atoms with van der Waals surface area (Å²) < 4.78 is 47.0. The minimum Gasteiger partial charge on any atom is -0.379 e. The molecule has 7 heteroatoms. The first-order valence-electron chi connectivity index (χ1n) is 7.16. The molecule has 2 heterocycles. The number of hydrogen-bond acceptors (Lipinski definition) is 3. The topological polar surface area (TPSA) is 49.9 Å². The highest BCUT2D eigenvalue weighted by atomic mass is 32.2. The maximum absolute atomic E-state index is 13.8. The number of hydrogen-bond donors (Lipinski definition) is 0. The van der Waals surface area contributed by atoms with Crippen molar-refractivity contribution in [3.63, 3.8) is 0 Å². The maximum Gasteiger partial charge on any atom is 0.282 e. The molecule has 0 saturated carbocycles. The third-order valence-corrected chi connectivity index (χ3v) is 6.12. The van der Waals surface area contributed by atoms with Gasteiger partial charge in [-0.05, 0) is 18.1 Å². The van der Waals surface area contributed by atoms with Crippen LogP contribution in [-0.4, -0.2) is 56.4 Å². The van der Waals surface area contributed by atoms with Gasteiger partial charge in [0.2, 0.25) is 0 Å². The van der Waals surface area contributed by atoms with Crippen molar-refractivity contribution in [1.29, 1.82) is 0 Å². The first-order chi connectivity index (χ1) is 10.1. The second-order valence-corrected chi connectivity index (χ2v) is 7.31. The lowest BCUT2D eigenvalue weighted by Gasteiger charge is -2.30. The van der Waals surface area contributed by atoms with Gasteiger partial charge >= 0.3 is 0 Å². The summed E-state index contributed by atoms with van der Waals surface area (Å²) in [5, 5.41) is 0. The molecule has 2 fully saturated rings. The molecule has 1 atom stereocenters. The summed E-state index contributed by atoms with van der Waals surface area (Å²) in [5.41, 5.74) is 0.608. The zero-order valence-corrected chi connectivity index (χ0v) is 12.6. The Morgan fingerprint density at radius 2 is 1.81 bits per heavy atom.